The molecular formula is C28H25Cl2SiZr-. The van der Waals surface area contributed by atoms with Crippen LogP contribution in [0, 0.1) is 6.08 Å². The van der Waals surface area contributed by atoms with Crippen molar-refractivity contribution in [3.63, 3.8) is 0 Å². The molecule has 32 heavy (non-hydrogen) atoms. The molecule has 2 aliphatic carbocycles. The van der Waals surface area contributed by atoms with Gasteiger partial charge in [0.1, 0.15) is 0 Å². The summed E-state index contributed by atoms with van der Waals surface area (Å²) in [4.78, 5) is 0. The topological polar surface area (TPSA) is 0 Å². The van der Waals surface area contributed by atoms with Crippen LogP contribution in [0.3, 0.4) is 0 Å². The average molecular weight is 552 g/mol. The van der Waals surface area contributed by atoms with Crippen molar-refractivity contribution in [3.05, 3.63) is 112 Å². The SMILES string of the molecule is CC1=Cc2ccccc2C1c1ccc2c(c1-c1ccccc1)[C-]=C(C=[SiH2])C2(C)C.[Cl][Zr][Cl]. The molecule has 3 aromatic carbocycles. The Bertz CT molecular complexity index is 1230. The first-order valence-electron chi connectivity index (χ1n) is 10.7. The first-order valence-corrected chi connectivity index (χ1v) is 17.8. The Morgan fingerprint density at radius 1 is 0.938 bits per heavy atom. The van der Waals surface area contributed by atoms with Gasteiger partial charge in [-0.2, -0.15) is 5.67 Å². The Hall–Kier alpha value is -1.31. The van der Waals surface area contributed by atoms with E-state index >= 15 is 0 Å². The first-order chi connectivity index (χ1) is 15.4. The molecule has 0 amide bonds. The third-order valence-corrected chi connectivity index (χ3v) is 6.98. The van der Waals surface area contributed by atoms with E-state index in [9.17, 15) is 0 Å². The van der Waals surface area contributed by atoms with Crippen molar-refractivity contribution in [1.29, 1.82) is 0 Å². The standard InChI is InChI=1S/C28H25Si.2ClH.Zr/c1-18-15-20-11-7-8-12-22(20)26(18)23-13-14-25-24(16-21(17-29)28(25,2)3)27(23)19-9-5-4-6-10-19;;;/h4-15,17,26H,29H2,1-3H3;2*1H;/q-1;;;+2/p-2. The summed E-state index contributed by atoms with van der Waals surface area (Å²) in [6.07, 6.45) is 6.14. The van der Waals surface area contributed by atoms with Gasteiger partial charge in [-0.05, 0) is 23.5 Å². The molecular weight excluding hydrogens is 527 g/mol. The van der Waals surface area contributed by atoms with E-state index in [-0.39, 0.29) is 5.41 Å². The second kappa shape index (κ2) is 9.90. The fourth-order valence-electron chi connectivity index (χ4n) is 5.06. The molecule has 0 spiro atoms. The van der Waals surface area contributed by atoms with E-state index in [1.165, 1.54) is 50.1 Å². The second-order valence-electron chi connectivity index (χ2n) is 8.71. The summed E-state index contributed by atoms with van der Waals surface area (Å²) >= 11 is -0.826. The quantitative estimate of drug-likeness (QED) is 0.241. The van der Waals surface area contributed by atoms with Crippen molar-refractivity contribution in [2.24, 2.45) is 0 Å². The zero-order valence-corrected chi connectivity index (χ0v) is 23.9. The molecule has 1 atom stereocenters. The van der Waals surface area contributed by atoms with E-state index in [1.54, 1.807) is 0 Å². The summed E-state index contributed by atoms with van der Waals surface area (Å²) in [5.41, 5.74) is 14.3. The number of benzene rings is 3. The Kier molecular flexibility index (Phi) is 7.37. The van der Waals surface area contributed by atoms with Crippen LogP contribution in [0.4, 0.5) is 0 Å². The summed E-state index contributed by atoms with van der Waals surface area (Å²) in [7, 11) is 11.8. The molecule has 0 nitrogen and oxygen atoms in total. The van der Waals surface area contributed by atoms with Crippen molar-refractivity contribution in [3.8, 4) is 11.1 Å². The van der Waals surface area contributed by atoms with Gasteiger partial charge in [-0.3, -0.25) is 0 Å². The molecule has 3 aromatic rings. The fraction of sp³-hybridized carbons (Fsp3) is 0.179. The Balaban J connectivity index is 0.000000775. The summed E-state index contributed by atoms with van der Waals surface area (Å²) in [5.74, 6) is 0.299. The molecule has 2 aliphatic rings. The van der Waals surface area contributed by atoms with Gasteiger partial charge in [-0.25, -0.2) is 0 Å². The van der Waals surface area contributed by atoms with Crippen LogP contribution in [0.25, 0.3) is 17.2 Å². The maximum absolute atomic E-state index is 4.93. The Morgan fingerprint density at radius 2 is 1.59 bits per heavy atom. The third kappa shape index (κ3) is 4.16. The van der Waals surface area contributed by atoms with Crippen LogP contribution >= 0.6 is 17.0 Å². The summed E-state index contributed by atoms with van der Waals surface area (Å²) in [5, 5.41) is 0. The number of fused-ring (bicyclic) bond motifs is 2. The zero-order chi connectivity index (χ0) is 22.9. The molecule has 0 fully saturated rings. The third-order valence-electron chi connectivity index (χ3n) is 6.57. The summed E-state index contributed by atoms with van der Waals surface area (Å²) < 4.78 is 0. The predicted octanol–water partition coefficient (Wildman–Crippen LogP) is 7.08. The van der Waals surface area contributed by atoms with Crippen molar-refractivity contribution < 1.29 is 20.8 Å². The molecule has 0 aromatic heterocycles. The molecule has 0 heterocycles. The van der Waals surface area contributed by atoms with Crippen LogP contribution in [0.2, 0.25) is 0 Å². The number of allylic oxidation sites excluding steroid dienone is 2. The molecule has 0 bridgehead atoms. The van der Waals surface area contributed by atoms with Crippen LogP contribution < -0.4 is 0 Å². The Labute approximate surface area is 213 Å². The monoisotopic (exact) mass is 549 g/mol. The number of rotatable bonds is 3. The normalized spacial score (nSPS) is 17.3. The minimum atomic E-state index is -0.826. The van der Waals surface area contributed by atoms with Gasteiger partial charge in [-0.15, -0.1) is 28.8 Å². The molecule has 0 saturated heterocycles. The minimum absolute atomic E-state index is 0.00237. The predicted molar refractivity (Wildman–Crippen MR) is 139 cm³/mol. The van der Waals surface area contributed by atoms with Gasteiger partial charge in [0.05, 0.1) is 0 Å². The average Bonchev–Trinajstić information content (AvgIpc) is 3.26. The molecule has 160 valence electrons. The van der Waals surface area contributed by atoms with Gasteiger partial charge in [0.15, 0.2) is 0 Å². The molecule has 5 rings (SSSR count). The zero-order valence-electron chi connectivity index (χ0n) is 18.5. The van der Waals surface area contributed by atoms with E-state index in [0.717, 1.165) is 0 Å². The number of halogens is 2. The van der Waals surface area contributed by atoms with Gasteiger partial charge in [0.25, 0.3) is 0 Å². The van der Waals surface area contributed by atoms with Crippen LogP contribution in [0.1, 0.15) is 54.5 Å². The van der Waals surface area contributed by atoms with Crippen LogP contribution in [0.15, 0.2) is 77.9 Å². The molecule has 0 N–H and O–H groups in total. The molecule has 1 unspecified atom stereocenters. The van der Waals surface area contributed by atoms with E-state index in [2.05, 4.69) is 105 Å². The number of hydrogen-bond acceptors (Lipinski definition) is 0. The van der Waals surface area contributed by atoms with Crippen LogP contribution in [-0.4, -0.2) is 15.5 Å². The van der Waals surface area contributed by atoms with E-state index in [1.807, 2.05) is 9.85 Å². The fourth-order valence-corrected chi connectivity index (χ4v) is 5.67. The summed E-state index contributed by atoms with van der Waals surface area (Å²) in [6, 6.07) is 24.4. The maximum atomic E-state index is 4.93. The molecule has 0 aliphatic heterocycles. The van der Waals surface area contributed by atoms with E-state index in [4.69, 9.17) is 17.0 Å². The molecule has 0 saturated carbocycles. The van der Waals surface area contributed by atoms with Crippen LogP contribution in [0.5, 0.6) is 0 Å². The Morgan fingerprint density at radius 3 is 2.28 bits per heavy atom. The van der Waals surface area contributed by atoms with Gasteiger partial charge < -0.3 is 0 Å². The van der Waals surface area contributed by atoms with Crippen molar-refractivity contribution in [1.82, 2.24) is 0 Å². The van der Waals surface area contributed by atoms with Gasteiger partial charge in [0.2, 0.25) is 0 Å². The van der Waals surface area contributed by atoms with Crippen molar-refractivity contribution in [2.75, 3.05) is 0 Å². The second-order valence-corrected chi connectivity index (χ2v) is 12.8. The first kappa shape index (κ1) is 23.8. The van der Waals surface area contributed by atoms with E-state index in [0.29, 0.717) is 5.92 Å². The molecule has 0 radical (unpaired) electrons. The van der Waals surface area contributed by atoms with Gasteiger partial charge in [0, 0.05) is 5.92 Å². The van der Waals surface area contributed by atoms with Gasteiger partial charge >= 0.3 is 37.9 Å². The van der Waals surface area contributed by atoms with E-state index < -0.39 is 20.8 Å². The van der Waals surface area contributed by atoms with Crippen molar-refractivity contribution in [2.45, 2.75) is 32.1 Å². The van der Waals surface area contributed by atoms with Crippen molar-refractivity contribution >= 4 is 38.6 Å². The summed E-state index contributed by atoms with van der Waals surface area (Å²) in [6.45, 7) is 6.90. The molecule has 4 heteroatoms. The van der Waals surface area contributed by atoms with Crippen LogP contribution in [-0.2, 0) is 26.3 Å². The number of hydrogen-bond donors (Lipinski definition) is 0. The van der Waals surface area contributed by atoms with Gasteiger partial charge in [-0.1, -0.05) is 113 Å².